The van der Waals surface area contributed by atoms with Crippen LogP contribution in [0.4, 0.5) is 5.69 Å². The Morgan fingerprint density at radius 3 is 2.59 bits per heavy atom. The van der Waals surface area contributed by atoms with Gasteiger partial charge in [0.25, 0.3) is 15.7 Å². The number of aromatic nitrogens is 2. The van der Waals surface area contributed by atoms with E-state index in [1.54, 1.807) is 6.92 Å². The summed E-state index contributed by atoms with van der Waals surface area (Å²) in [5, 5.41) is 13.3. The first kappa shape index (κ1) is 18.7. The smallest absolute Gasteiger partial charge is 0.342 e. The fourth-order valence-corrected chi connectivity index (χ4v) is 3.24. The minimum absolute atomic E-state index is 0.215. The fraction of sp³-hybridized carbons (Fsp3) is 0.250. The molecule has 1 aliphatic heterocycles. The second-order valence-electron chi connectivity index (χ2n) is 6.03. The summed E-state index contributed by atoms with van der Waals surface area (Å²) in [6, 6.07) is 5.07. The molecule has 10 nitrogen and oxygen atoms in total. The average molecular weight is 392 g/mol. The first-order chi connectivity index (χ1) is 12.7. The highest BCUT2D eigenvalue weighted by atomic mass is 32.2. The standard InChI is InChI=1S/C16H16N4O6S/c1-9-2-7-13(14-17-8-12(16(22)23)15(21)20(9)14)19-18-10-3-5-11(6-4-10)27(24,25)26/h3-6,8-9,18H,2,7H2,1H3,(H,22,23)(H,24,25,26). The normalized spacial score (nSPS) is 18.1. The van der Waals surface area contributed by atoms with Crippen LogP contribution in [0.15, 0.2) is 45.3 Å². The van der Waals surface area contributed by atoms with Crippen molar-refractivity contribution < 1.29 is 22.9 Å². The number of benzene rings is 1. The number of hydrogen-bond donors (Lipinski definition) is 3. The topological polar surface area (TPSA) is 151 Å². The van der Waals surface area contributed by atoms with Crippen molar-refractivity contribution in [3.63, 3.8) is 0 Å². The molecule has 2 aromatic rings. The van der Waals surface area contributed by atoms with Crippen molar-refractivity contribution in [3.05, 3.63) is 52.2 Å². The summed E-state index contributed by atoms with van der Waals surface area (Å²) in [5.74, 6) is -1.05. The monoisotopic (exact) mass is 392 g/mol. The Morgan fingerprint density at radius 2 is 2.00 bits per heavy atom. The van der Waals surface area contributed by atoms with Crippen LogP contribution >= 0.6 is 0 Å². The zero-order chi connectivity index (χ0) is 19.8. The molecule has 1 aromatic carbocycles. The highest BCUT2D eigenvalue weighted by Gasteiger charge is 2.26. The maximum atomic E-state index is 12.4. The molecular weight excluding hydrogens is 376 g/mol. The number of hydrogen-bond acceptors (Lipinski definition) is 7. The summed E-state index contributed by atoms with van der Waals surface area (Å²) in [6.07, 6.45) is 2.13. The van der Waals surface area contributed by atoms with E-state index in [2.05, 4.69) is 15.5 Å². The second kappa shape index (κ2) is 6.93. The lowest BCUT2D eigenvalue weighted by atomic mass is 10.0. The Hall–Kier alpha value is -3.05. The van der Waals surface area contributed by atoms with Crippen molar-refractivity contribution in [1.82, 2.24) is 9.55 Å². The lowest BCUT2D eigenvalue weighted by Crippen LogP contribution is -2.37. The molecule has 0 radical (unpaired) electrons. The third-order valence-electron chi connectivity index (χ3n) is 4.19. The zero-order valence-corrected chi connectivity index (χ0v) is 15.0. The van der Waals surface area contributed by atoms with Gasteiger partial charge in [0.2, 0.25) is 0 Å². The van der Waals surface area contributed by atoms with Gasteiger partial charge in [-0.15, -0.1) is 0 Å². The number of carbonyl (C=O) groups is 1. The van der Waals surface area contributed by atoms with Crippen molar-refractivity contribution in [2.24, 2.45) is 5.10 Å². The van der Waals surface area contributed by atoms with E-state index in [9.17, 15) is 18.0 Å². The van der Waals surface area contributed by atoms with Crippen molar-refractivity contribution in [2.75, 3.05) is 5.43 Å². The van der Waals surface area contributed by atoms with Crippen LogP contribution in [0.25, 0.3) is 0 Å². The van der Waals surface area contributed by atoms with Crippen molar-refractivity contribution in [3.8, 4) is 0 Å². The largest absolute Gasteiger partial charge is 0.477 e. The number of fused-ring (bicyclic) bond motifs is 1. The Kier molecular flexibility index (Phi) is 4.81. The van der Waals surface area contributed by atoms with Gasteiger partial charge in [0.15, 0.2) is 5.82 Å². The van der Waals surface area contributed by atoms with Gasteiger partial charge in [0.1, 0.15) is 11.3 Å². The van der Waals surface area contributed by atoms with E-state index in [0.29, 0.717) is 24.2 Å². The third-order valence-corrected chi connectivity index (χ3v) is 5.06. The molecule has 0 spiro atoms. The molecule has 0 saturated heterocycles. The molecule has 0 bridgehead atoms. The van der Waals surface area contributed by atoms with Gasteiger partial charge in [-0.05, 0) is 44.0 Å². The van der Waals surface area contributed by atoms with Crippen molar-refractivity contribution in [2.45, 2.75) is 30.7 Å². The molecule has 1 aliphatic rings. The van der Waals surface area contributed by atoms with Crippen molar-refractivity contribution >= 4 is 27.5 Å². The Morgan fingerprint density at radius 1 is 1.33 bits per heavy atom. The highest BCUT2D eigenvalue weighted by Crippen LogP contribution is 2.22. The molecule has 3 rings (SSSR count). The van der Waals surface area contributed by atoms with Gasteiger partial charge in [0.05, 0.1) is 10.6 Å². The van der Waals surface area contributed by atoms with Crippen LogP contribution in [0.5, 0.6) is 0 Å². The summed E-state index contributed by atoms with van der Waals surface area (Å²) in [7, 11) is -4.28. The number of aromatic carboxylic acids is 1. The van der Waals surface area contributed by atoms with Gasteiger partial charge in [-0.2, -0.15) is 13.5 Å². The SMILES string of the molecule is CC1CCC(=NNc2ccc(S(=O)(=O)O)cc2)c2ncc(C(=O)O)c(=O)n21. The van der Waals surface area contributed by atoms with Gasteiger partial charge in [-0.3, -0.25) is 19.3 Å². The Labute approximate surface area is 153 Å². The summed E-state index contributed by atoms with van der Waals surface area (Å²) in [4.78, 5) is 27.4. The number of rotatable bonds is 4. The number of carboxylic acids is 1. The second-order valence-corrected chi connectivity index (χ2v) is 7.45. The molecular formula is C16H16N4O6S. The molecule has 0 amide bonds. The first-order valence-corrected chi connectivity index (χ1v) is 9.38. The van der Waals surface area contributed by atoms with Crippen LogP contribution in [0, 0.1) is 0 Å². The van der Waals surface area contributed by atoms with E-state index < -0.39 is 27.2 Å². The quantitative estimate of drug-likeness (QED) is 0.521. The molecule has 2 heterocycles. The zero-order valence-electron chi connectivity index (χ0n) is 14.2. The number of hydrazone groups is 1. The number of anilines is 1. The van der Waals surface area contributed by atoms with E-state index in [0.717, 1.165) is 6.20 Å². The summed E-state index contributed by atoms with van der Waals surface area (Å²) in [6.45, 7) is 1.80. The van der Waals surface area contributed by atoms with Gasteiger partial charge in [0, 0.05) is 12.2 Å². The van der Waals surface area contributed by atoms with Gasteiger partial charge in [-0.1, -0.05) is 0 Å². The fourth-order valence-electron chi connectivity index (χ4n) is 2.76. The highest BCUT2D eigenvalue weighted by molar-refractivity contribution is 7.85. The van der Waals surface area contributed by atoms with E-state index in [1.807, 2.05) is 0 Å². The van der Waals surface area contributed by atoms with Crippen LogP contribution in [-0.2, 0) is 10.1 Å². The van der Waals surface area contributed by atoms with Crippen LogP contribution in [0.3, 0.4) is 0 Å². The number of nitrogens with zero attached hydrogens (tertiary/aromatic N) is 3. The number of carboxylic acid groups (broad SMARTS) is 1. The van der Waals surface area contributed by atoms with Gasteiger partial charge in [-0.25, -0.2) is 9.78 Å². The lowest BCUT2D eigenvalue weighted by molar-refractivity contribution is 0.0693. The summed E-state index contributed by atoms with van der Waals surface area (Å²) < 4.78 is 32.4. The molecule has 1 aromatic heterocycles. The molecule has 1 atom stereocenters. The van der Waals surface area contributed by atoms with E-state index >= 15 is 0 Å². The number of nitrogens with one attached hydrogen (secondary N) is 1. The predicted octanol–water partition coefficient (Wildman–Crippen LogP) is 1.36. The molecule has 142 valence electrons. The third kappa shape index (κ3) is 3.73. The Balaban J connectivity index is 1.93. The van der Waals surface area contributed by atoms with Crippen LogP contribution in [-0.4, -0.2) is 39.3 Å². The van der Waals surface area contributed by atoms with E-state index in [-0.39, 0.29) is 16.8 Å². The predicted molar refractivity (Wildman–Crippen MR) is 95.8 cm³/mol. The molecule has 0 fully saturated rings. The molecule has 1 unspecified atom stereocenters. The maximum Gasteiger partial charge on any atom is 0.342 e. The van der Waals surface area contributed by atoms with E-state index in [1.165, 1.54) is 28.8 Å². The maximum absolute atomic E-state index is 12.4. The van der Waals surface area contributed by atoms with Crippen LogP contribution in [0.2, 0.25) is 0 Å². The molecule has 0 aliphatic carbocycles. The van der Waals surface area contributed by atoms with Gasteiger partial charge < -0.3 is 5.11 Å². The molecule has 27 heavy (non-hydrogen) atoms. The molecule has 0 saturated carbocycles. The summed E-state index contributed by atoms with van der Waals surface area (Å²) in [5.41, 5.74) is 2.64. The lowest BCUT2D eigenvalue weighted by Gasteiger charge is -2.25. The average Bonchev–Trinajstić information content (AvgIpc) is 2.60. The minimum Gasteiger partial charge on any atom is -0.477 e. The van der Waals surface area contributed by atoms with Gasteiger partial charge >= 0.3 is 5.97 Å². The molecule has 11 heteroatoms. The molecule has 3 N–H and O–H groups in total. The van der Waals surface area contributed by atoms with Crippen LogP contribution in [0.1, 0.15) is 42.0 Å². The van der Waals surface area contributed by atoms with E-state index in [4.69, 9.17) is 9.66 Å². The minimum atomic E-state index is -4.28. The van der Waals surface area contributed by atoms with Crippen molar-refractivity contribution in [1.29, 1.82) is 0 Å². The van der Waals surface area contributed by atoms with Crippen LogP contribution < -0.4 is 11.0 Å². The Bertz CT molecular complexity index is 1090. The first-order valence-electron chi connectivity index (χ1n) is 7.94. The summed E-state index contributed by atoms with van der Waals surface area (Å²) >= 11 is 0.